The number of benzene rings is 1. The minimum atomic E-state index is -0.382. The molecule has 0 unspecified atom stereocenters. The monoisotopic (exact) mass is 277 g/mol. The number of hydrogen-bond acceptors (Lipinski definition) is 5. The third kappa shape index (κ3) is 2.76. The summed E-state index contributed by atoms with van der Waals surface area (Å²) in [5.74, 6) is 0.414. The SMILES string of the molecule is CCc1sc(-c2ccc(OC)cc2)nc1C(=O)OC. The van der Waals surface area contributed by atoms with Crippen LogP contribution < -0.4 is 4.74 Å². The molecule has 0 bridgehead atoms. The second-order valence-electron chi connectivity index (χ2n) is 3.86. The van der Waals surface area contributed by atoms with Crippen LogP contribution in [-0.4, -0.2) is 25.2 Å². The van der Waals surface area contributed by atoms with Gasteiger partial charge in [-0.05, 0) is 30.7 Å². The highest BCUT2D eigenvalue weighted by molar-refractivity contribution is 7.15. The lowest BCUT2D eigenvalue weighted by Crippen LogP contribution is -2.04. The molecule has 1 aromatic heterocycles. The number of aromatic nitrogens is 1. The number of carbonyl (C=O) groups excluding carboxylic acids is 1. The van der Waals surface area contributed by atoms with E-state index in [0.717, 1.165) is 27.6 Å². The van der Waals surface area contributed by atoms with Gasteiger partial charge in [-0.3, -0.25) is 0 Å². The van der Waals surface area contributed by atoms with E-state index in [1.165, 1.54) is 18.4 Å². The third-order valence-corrected chi connectivity index (χ3v) is 3.98. The lowest BCUT2D eigenvalue weighted by Gasteiger charge is -2.00. The molecule has 0 atom stereocenters. The van der Waals surface area contributed by atoms with Crippen molar-refractivity contribution in [3.05, 3.63) is 34.8 Å². The first-order chi connectivity index (χ1) is 9.19. The first kappa shape index (κ1) is 13.5. The summed E-state index contributed by atoms with van der Waals surface area (Å²) in [6.45, 7) is 2.00. The maximum absolute atomic E-state index is 11.6. The van der Waals surface area contributed by atoms with Gasteiger partial charge >= 0.3 is 5.97 Å². The second kappa shape index (κ2) is 5.84. The molecule has 19 heavy (non-hydrogen) atoms. The van der Waals surface area contributed by atoms with Crippen molar-refractivity contribution >= 4 is 17.3 Å². The molecule has 0 spiro atoms. The average Bonchev–Trinajstić information content (AvgIpc) is 2.90. The Morgan fingerprint density at radius 1 is 1.26 bits per heavy atom. The molecule has 100 valence electrons. The van der Waals surface area contributed by atoms with E-state index < -0.39 is 0 Å². The predicted molar refractivity (Wildman–Crippen MR) is 74.8 cm³/mol. The molecule has 1 heterocycles. The van der Waals surface area contributed by atoms with Crippen molar-refractivity contribution in [3.8, 4) is 16.3 Å². The normalized spacial score (nSPS) is 10.3. The van der Waals surface area contributed by atoms with Gasteiger partial charge in [0.1, 0.15) is 10.8 Å². The van der Waals surface area contributed by atoms with E-state index in [1.54, 1.807) is 7.11 Å². The van der Waals surface area contributed by atoms with Gasteiger partial charge in [0.05, 0.1) is 14.2 Å². The third-order valence-electron chi connectivity index (χ3n) is 2.73. The average molecular weight is 277 g/mol. The number of carbonyl (C=O) groups is 1. The summed E-state index contributed by atoms with van der Waals surface area (Å²) in [7, 11) is 3.00. The summed E-state index contributed by atoms with van der Waals surface area (Å²) < 4.78 is 9.87. The maximum Gasteiger partial charge on any atom is 0.357 e. The van der Waals surface area contributed by atoms with E-state index in [1.807, 2.05) is 31.2 Å². The van der Waals surface area contributed by atoms with Gasteiger partial charge in [0.15, 0.2) is 5.69 Å². The van der Waals surface area contributed by atoms with E-state index in [0.29, 0.717) is 5.69 Å². The van der Waals surface area contributed by atoms with Gasteiger partial charge in [-0.25, -0.2) is 9.78 Å². The standard InChI is InChI=1S/C14H15NO3S/c1-4-11-12(14(16)18-3)15-13(19-11)9-5-7-10(17-2)8-6-9/h5-8H,4H2,1-3H3. The first-order valence-corrected chi connectivity index (χ1v) is 6.73. The fourth-order valence-corrected chi connectivity index (χ4v) is 2.70. The quantitative estimate of drug-likeness (QED) is 0.805. The lowest BCUT2D eigenvalue weighted by atomic mass is 10.2. The minimum absolute atomic E-state index is 0.382. The number of hydrogen-bond donors (Lipinski definition) is 0. The highest BCUT2D eigenvalue weighted by atomic mass is 32.1. The highest BCUT2D eigenvalue weighted by Crippen LogP contribution is 2.30. The molecule has 0 saturated heterocycles. The lowest BCUT2D eigenvalue weighted by molar-refractivity contribution is 0.0594. The Labute approximate surface area is 116 Å². The maximum atomic E-state index is 11.6. The van der Waals surface area contributed by atoms with Gasteiger partial charge in [-0.15, -0.1) is 11.3 Å². The Balaban J connectivity index is 2.39. The molecule has 4 nitrogen and oxygen atoms in total. The molecule has 0 amide bonds. The number of aryl methyl sites for hydroxylation is 1. The predicted octanol–water partition coefficient (Wildman–Crippen LogP) is 3.17. The number of thiazole rings is 1. The Bertz CT molecular complexity index is 575. The van der Waals surface area contributed by atoms with E-state index >= 15 is 0 Å². The first-order valence-electron chi connectivity index (χ1n) is 5.92. The van der Waals surface area contributed by atoms with E-state index in [9.17, 15) is 4.79 Å². The molecule has 0 aliphatic carbocycles. The second-order valence-corrected chi connectivity index (χ2v) is 4.95. The minimum Gasteiger partial charge on any atom is -0.497 e. The van der Waals surface area contributed by atoms with Crippen molar-refractivity contribution in [1.29, 1.82) is 0 Å². The van der Waals surface area contributed by atoms with Crippen LogP contribution >= 0.6 is 11.3 Å². The largest absolute Gasteiger partial charge is 0.497 e. The summed E-state index contributed by atoms with van der Waals surface area (Å²) in [5.41, 5.74) is 1.39. The number of esters is 1. The molecule has 5 heteroatoms. The van der Waals surface area contributed by atoms with Crippen LogP contribution in [0.3, 0.4) is 0 Å². The molecular weight excluding hydrogens is 262 g/mol. The zero-order valence-corrected chi connectivity index (χ0v) is 11.9. The Morgan fingerprint density at radius 3 is 2.47 bits per heavy atom. The van der Waals surface area contributed by atoms with Gasteiger partial charge in [0.2, 0.25) is 0 Å². The fourth-order valence-electron chi connectivity index (χ4n) is 1.70. The summed E-state index contributed by atoms with van der Waals surface area (Å²) in [5, 5.41) is 0.819. The van der Waals surface area contributed by atoms with E-state index in [-0.39, 0.29) is 5.97 Å². The van der Waals surface area contributed by atoms with Crippen LogP contribution in [-0.2, 0) is 11.2 Å². The molecule has 0 radical (unpaired) electrons. The Hall–Kier alpha value is -1.88. The van der Waals surface area contributed by atoms with Crippen molar-refractivity contribution in [1.82, 2.24) is 4.98 Å². The van der Waals surface area contributed by atoms with Crippen molar-refractivity contribution in [2.75, 3.05) is 14.2 Å². The molecule has 1 aromatic carbocycles. The number of methoxy groups -OCH3 is 2. The Kier molecular flexibility index (Phi) is 4.16. The zero-order valence-electron chi connectivity index (χ0n) is 11.1. The van der Waals surface area contributed by atoms with Crippen LogP contribution in [0, 0.1) is 0 Å². The summed E-state index contributed by atoms with van der Waals surface area (Å²) in [6.07, 6.45) is 0.762. The van der Waals surface area contributed by atoms with Crippen molar-refractivity contribution in [2.45, 2.75) is 13.3 Å². The number of ether oxygens (including phenoxy) is 2. The number of nitrogens with zero attached hydrogens (tertiary/aromatic N) is 1. The molecular formula is C14H15NO3S. The van der Waals surface area contributed by atoms with Gasteiger partial charge < -0.3 is 9.47 Å². The van der Waals surface area contributed by atoms with Crippen LogP contribution in [0.2, 0.25) is 0 Å². The molecule has 2 rings (SSSR count). The van der Waals surface area contributed by atoms with Gasteiger partial charge in [0, 0.05) is 10.4 Å². The van der Waals surface area contributed by atoms with Gasteiger partial charge in [-0.2, -0.15) is 0 Å². The van der Waals surface area contributed by atoms with Crippen LogP contribution in [0.25, 0.3) is 10.6 Å². The Morgan fingerprint density at radius 2 is 1.95 bits per heavy atom. The summed E-state index contributed by atoms with van der Waals surface area (Å²) in [6, 6.07) is 7.61. The number of rotatable bonds is 4. The highest BCUT2D eigenvalue weighted by Gasteiger charge is 2.18. The molecule has 0 aliphatic rings. The molecule has 0 aliphatic heterocycles. The molecule has 0 N–H and O–H groups in total. The van der Waals surface area contributed by atoms with Crippen molar-refractivity contribution in [2.24, 2.45) is 0 Å². The van der Waals surface area contributed by atoms with Crippen molar-refractivity contribution < 1.29 is 14.3 Å². The van der Waals surface area contributed by atoms with Gasteiger partial charge in [0.25, 0.3) is 0 Å². The van der Waals surface area contributed by atoms with E-state index in [2.05, 4.69) is 4.98 Å². The fraction of sp³-hybridized carbons (Fsp3) is 0.286. The molecule has 0 fully saturated rings. The summed E-state index contributed by atoms with van der Waals surface area (Å²) >= 11 is 1.52. The van der Waals surface area contributed by atoms with Crippen LogP contribution in [0.4, 0.5) is 0 Å². The molecule has 2 aromatic rings. The van der Waals surface area contributed by atoms with Crippen LogP contribution in [0.15, 0.2) is 24.3 Å². The zero-order chi connectivity index (χ0) is 13.8. The van der Waals surface area contributed by atoms with E-state index in [4.69, 9.17) is 9.47 Å². The smallest absolute Gasteiger partial charge is 0.357 e. The molecule has 0 saturated carbocycles. The van der Waals surface area contributed by atoms with Crippen molar-refractivity contribution in [3.63, 3.8) is 0 Å². The summed E-state index contributed by atoms with van der Waals surface area (Å²) in [4.78, 5) is 17.0. The van der Waals surface area contributed by atoms with Gasteiger partial charge in [-0.1, -0.05) is 6.92 Å². The topological polar surface area (TPSA) is 48.4 Å². The van der Waals surface area contributed by atoms with Crippen LogP contribution in [0.1, 0.15) is 22.3 Å². The van der Waals surface area contributed by atoms with Crippen LogP contribution in [0.5, 0.6) is 5.75 Å².